The van der Waals surface area contributed by atoms with Gasteiger partial charge in [-0.15, -0.1) is 0 Å². The fraction of sp³-hybridized carbons (Fsp3) is 1.00. The van der Waals surface area contributed by atoms with E-state index in [0.717, 1.165) is 12.5 Å². The molecule has 1 aliphatic rings. The van der Waals surface area contributed by atoms with E-state index in [-0.39, 0.29) is 18.1 Å². The minimum absolute atomic E-state index is 0.0807. The van der Waals surface area contributed by atoms with Crippen LogP contribution < -0.4 is 5.32 Å². The fourth-order valence-electron chi connectivity index (χ4n) is 1.96. The van der Waals surface area contributed by atoms with Crippen LogP contribution in [0.15, 0.2) is 0 Å². The van der Waals surface area contributed by atoms with Gasteiger partial charge in [-0.1, -0.05) is 20.8 Å². The first-order chi connectivity index (χ1) is 8.43. The van der Waals surface area contributed by atoms with Crippen molar-refractivity contribution in [2.24, 2.45) is 11.3 Å². The van der Waals surface area contributed by atoms with E-state index in [1.165, 1.54) is 12.8 Å². The number of nitrogens with one attached hydrogen (secondary N) is 1. The van der Waals surface area contributed by atoms with E-state index >= 15 is 0 Å². The number of hydrogen-bond acceptors (Lipinski definition) is 4. The van der Waals surface area contributed by atoms with Crippen LogP contribution in [-0.4, -0.2) is 48.7 Å². The van der Waals surface area contributed by atoms with Crippen molar-refractivity contribution in [3.8, 4) is 0 Å². The molecule has 4 nitrogen and oxygen atoms in total. The Balaban J connectivity index is 2.14. The van der Waals surface area contributed by atoms with Crippen LogP contribution in [0.25, 0.3) is 0 Å². The molecule has 0 aromatic rings. The smallest absolute Gasteiger partial charge is 0.0897 e. The topological polar surface area (TPSA) is 61.7 Å². The summed E-state index contributed by atoms with van der Waals surface area (Å²) in [6.07, 6.45) is 2.79. The molecule has 0 radical (unpaired) electrons. The Morgan fingerprint density at radius 1 is 1.33 bits per heavy atom. The molecule has 0 spiro atoms. The minimum atomic E-state index is -0.465. The maximum Gasteiger partial charge on any atom is 0.0897 e. The zero-order valence-electron chi connectivity index (χ0n) is 12.0. The molecular formula is C14H29NO3. The highest BCUT2D eigenvalue weighted by molar-refractivity contribution is 4.81. The number of aliphatic hydroxyl groups excluding tert-OH is 2. The summed E-state index contributed by atoms with van der Waals surface area (Å²) in [6.45, 7) is 8.29. The summed E-state index contributed by atoms with van der Waals surface area (Å²) in [6, 6.07) is 0.209. The van der Waals surface area contributed by atoms with Crippen molar-refractivity contribution in [3.63, 3.8) is 0 Å². The SMILES string of the molecule is CC(C)(C)C(CCO)NCC(O)COCC1CC1. The van der Waals surface area contributed by atoms with Gasteiger partial charge in [-0.25, -0.2) is 0 Å². The molecule has 0 aromatic heterocycles. The second kappa shape index (κ2) is 7.43. The first-order valence-electron chi connectivity index (χ1n) is 7.03. The molecule has 0 aliphatic heterocycles. The number of aliphatic hydroxyl groups is 2. The van der Waals surface area contributed by atoms with Crippen molar-refractivity contribution in [3.05, 3.63) is 0 Å². The Labute approximate surface area is 111 Å². The Morgan fingerprint density at radius 2 is 2.00 bits per heavy atom. The van der Waals surface area contributed by atoms with E-state index in [0.29, 0.717) is 19.6 Å². The van der Waals surface area contributed by atoms with Gasteiger partial charge < -0.3 is 20.3 Å². The summed E-state index contributed by atoms with van der Waals surface area (Å²) >= 11 is 0. The molecule has 108 valence electrons. The maximum absolute atomic E-state index is 9.82. The van der Waals surface area contributed by atoms with Gasteiger partial charge in [0.05, 0.1) is 12.7 Å². The van der Waals surface area contributed by atoms with Crippen LogP contribution in [0, 0.1) is 11.3 Å². The molecule has 18 heavy (non-hydrogen) atoms. The van der Waals surface area contributed by atoms with Crippen LogP contribution >= 0.6 is 0 Å². The van der Waals surface area contributed by atoms with Crippen LogP contribution in [0.4, 0.5) is 0 Å². The number of rotatable bonds is 9. The third-order valence-electron chi connectivity index (χ3n) is 3.42. The largest absolute Gasteiger partial charge is 0.396 e. The van der Waals surface area contributed by atoms with Gasteiger partial charge in [0.1, 0.15) is 0 Å². The van der Waals surface area contributed by atoms with Crippen LogP contribution in [0.2, 0.25) is 0 Å². The van der Waals surface area contributed by atoms with E-state index < -0.39 is 6.10 Å². The molecule has 2 unspecified atom stereocenters. The summed E-state index contributed by atoms with van der Waals surface area (Å²) in [7, 11) is 0. The summed E-state index contributed by atoms with van der Waals surface area (Å²) < 4.78 is 5.46. The molecule has 0 bridgehead atoms. The highest BCUT2D eigenvalue weighted by Gasteiger charge is 2.25. The Morgan fingerprint density at radius 3 is 2.50 bits per heavy atom. The van der Waals surface area contributed by atoms with Crippen molar-refractivity contribution >= 4 is 0 Å². The molecular weight excluding hydrogens is 230 g/mol. The molecule has 1 saturated carbocycles. The van der Waals surface area contributed by atoms with Crippen molar-refractivity contribution in [2.75, 3.05) is 26.4 Å². The lowest BCUT2D eigenvalue weighted by Crippen LogP contribution is -2.45. The van der Waals surface area contributed by atoms with Gasteiger partial charge >= 0.3 is 0 Å². The second-order valence-electron chi connectivity index (χ2n) is 6.47. The maximum atomic E-state index is 9.82. The van der Waals surface area contributed by atoms with E-state index in [9.17, 15) is 5.11 Å². The normalized spacial score (nSPS) is 19.8. The van der Waals surface area contributed by atoms with Crippen LogP contribution in [0.3, 0.4) is 0 Å². The first-order valence-corrected chi connectivity index (χ1v) is 7.03. The summed E-state index contributed by atoms with van der Waals surface area (Å²) in [4.78, 5) is 0. The van der Waals surface area contributed by atoms with E-state index in [1.807, 2.05) is 0 Å². The average Bonchev–Trinajstić information content (AvgIpc) is 3.06. The predicted molar refractivity (Wildman–Crippen MR) is 72.5 cm³/mol. The summed E-state index contributed by atoms with van der Waals surface area (Å²) in [5, 5.41) is 22.2. The van der Waals surface area contributed by atoms with Gasteiger partial charge in [-0.3, -0.25) is 0 Å². The van der Waals surface area contributed by atoms with Crippen molar-refractivity contribution in [1.29, 1.82) is 0 Å². The molecule has 1 rings (SSSR count). The van der Waals surface area contributed by atoms with E-state index in [1.54, 1.807) is 0 Å². The molecule has 1 aliphatic carbocycles. The van der Waals surface area contributed by atoms with Gasteiger partial charge in [0.25, 0.3) is 0 Å². The molecule has 0 amide bonds. The minimum Gasteiger partial charge on any atom is -0.396 e. The fourth-order valence-corrected chi connectivity index (χ4v) is 1.96. The van der Waals surface area contributed by atoms with Crippen LogP contribution in [0.1, 0.15) is 40.0 Å². The zero-order valence-corrected chi connectivity index (χ0v) is 12.0. The second-order valence-corrected chi connectivity index (χ2v) is 6.47. The Kier molecular flexibility index (Phi) is 6.57. The lowest BCUT2D eigenvalue weighted by Gasteiger charge is -2.32. The highest BCUT2D eigenvalue weighted by Crippen LogP contribution is 2.28. The lowest BCUT2D eigenvalue weighted by atomic mass is 9.85. The molecule has 1 fully saturated rings. The third-order valence-corrected chi connectivity index (χ3v) is 3.42. The number of ether oxygens (including phenoxy) is 1. The van der Waals surface area contributed by atoms with Crippen LogP contribution in [0.5, 0.6) is 0 Å². The van der Waals surface area contributed by atoms with Crippen molar-refractivity contribution in [2.45, 2.75) is 52.2 Å². The molecule has 0 heterocycles. The number of hydrogen-bond donors (Lipinski definition) is 3. The molecule has 4 heteroatoms. The van der Waals surface area contributed by atoms with Crippen molar-refractivity contribution in [1.82, 2.24) is 5.32 Å². The van der Waals surface area contributed by atoms with Crippen LogP contribution in [-0.2, 0) is 4.74 Å². The van der Waals surface area contributed by atoms with Gasteiger partial charge in [0.15, 0.2) is 0 Å². The quantitative estimate of drug-likeness (QED) is 0.581. The van der Waals surface area contributed by atoms with Crippen molar-refractivity contribution < 1.29 is 14.9 Å². The summed E-state index contributed by atoms with van der Waals surface area (Å²) in [5.41, 5.74) is 0.0807. The Bertz CT molecular complexity index is 224. The highest BCUT2D eigenvalue weighted by atomic mass is 16.5. The Hall–Kier alpha value is -0.160. The predicted octanol–water partition coefficient (Wildman–Crippen LogP) is 1.16. The lowest BCUT2D eigenvalue weighted by molar-refractivity contribution is 0.0282. The zero-order chi connectivity index (χ0) is 13.6. The molecule has 0 saturated heterocycles. The molecule has 2 atom stereocenters. The van der Waals surface area contributed by atoms with E-state index in [4.69, 9.17) is 9.84 Å². The first kappa shape index (κ1) is 15.9. The van der Waals surface area contributed by atoms with Gasteiger partial charge in [0, 0.05) is 25.8 Å². The third kappa shape index (κ3) is 6.69. The summed E-state index contributed by atoms with van der Waals surface area (Å²) in [5.74, 6) is 0.738. The van der Waals surface area contributed by atoms with Gasteiger partial charge in [-0.05, 0) is 30.6 Å². The standard InChI is InChI=1S/C14H29NO3/c1-14(2,3)13(6-7-16)15-8-12(17)10-18-9-11-4-5-11/h11-13,15-17H,4-10H2,1-3H3. The van der Waals surface area contributed by atoms with Gasteiger partial charge in [-0.2, -0.15) is 0 Å². The van der Waals surface area contributed by atoms with E-state index in [2.05, 4.69) is 26.1 Å². The average molecular weight is 259 g/mol. The van der Waals surface area contributed by atoms with Gasteiger partial charge in [0.2, 0.25) is 0 Å². The monoisotopic (exact) mass is 259 g/mol. The molecule has 3 N–H and O–H groups in total. The molecule has 0 aromatic carbocycles.